The van der Waals surface area contributed by atoms with Crippen LogP contribution in [0.4, 0.5) is 11.4 Å². The number of benzene rings is 2. The maximum atomic E-state index is 13.4. The van der Waals surface area contributed by atoms with E-state index in [0.29, 0.717) is 17.7 Å². The van der Waals surface area contributed by atoms with Gasteiger partial charge in [-0.25, -0.2) is 9.59 Å². The third-order valence-corrected chi connectivity index (χ3v) is 6.29. The quantitative estimate of drug-likeness (QED) is 0.589. The van der Waals surface area contributed by atoms with E-state index in [1.165, 1.54) is 23.1 Å². The Bertz CT molecular complexity index is 1220. The number of carbonyl (C=O) groups excluding carboxylic acids is 5. The number of amides is 3. The van der Waals surface area contributed by atoms with Crippen LogP contribution in [0.3, 0.4) is 0 Å². The first-order valence-electron chi connectivity index (χ1n) is 11.7. The van der Waals surface area contributed by atoms with Crippen molar-refractivity contribution in [2.24, 2.45) is 0 Å². The van der Waals surface area contributed by atoms with E-state index in [1.54, 1.807) is 49.9 Å². The Morgan fingerprint density at radius 2 is 1.58 bits per heavy atom. The topological polar surface area (TPSA) is 122 Å². The average Bonchev–Trinajstić information content (AvgIpc) is 3.17. The van der Waals surface area contributed by atoms with Crippen LogP contribution < -0.4 is 10.2 Å². The van der Waals surface area contributed by atoms with E-state index < -0.39 is 23.5 Å². The van der Waals surface area contributed by atoms with Crippen LogP contribution in [-0.4, -0.2) is 60.0 Å². The highest BCUT2D eigenvalue weighted by atomic mass is 16.5. The van der Waals surface area contributed by atoms with Gasteiger partial charge < -0.3 is 19.7 Å². The van der Waals surface area contributed by atoms with Gasteiger partial charge in [-0.15, -0.1) is 0 Å². The lowest BCUT2D eigenvalue weighted by molar-refractivity contribution is -0.120. The molecule has 2 aromatic carbocycles. The molecule has 1 unspecified atom stereocenters. The molecule has 1 saturated heterocycles. The van der Waals surface area contributed by atoms with Gasteiger partial charge in [0.1, 0.15) is 12.2 Å². The zero-order chi connectivity index (χ0) is 26.0. The minimum absolute atomic E-state index is 0.0696. The smallest absolute Gasteiger partial charge is 0.338 e. The molecule has 0 saturated carbocycles. The van der Waals surface area contributed by atoms with Gasteiger partial charge in [0, 0.05) is 12.1 Å². The average molecular weight is 494 g/mol. The number of hydrogen-bond acceptors (Lipinski definition) is 7. The van der Waals surface area contributed by atoms with Gasteiger partial charge in [0.15, 0.2) is 0 Å². The summed E-state index contributed by atoms with van der Waals surface area (Å²) in [5.41, 5.74) is 0.184. The number of nitrogens with one attached hydrogen (secondary N) is 1. The number of anilines is 2. The van der Waals surface area contributed by atoms with E-state index in [0.717, 1.165) is 0 Å². The SMILES string of the molecule is CCOC(=O)c1cc(NC(=O)CN2C(=O)c3ccccc3N3C(=O)CCC23C)cc(C(=O)OCC)c1. The lowest BCUT2D eigenvalue weighted by atomic mass is 9.98. The van der Waals surface area contributed by atoms with Gasteiger partial charge in [0.2, 0.25) is 11.8 Å². The van der Waals surface area contributed by atoms with Crippen LogP contribution in [0.2, 0.25) is 0 Å². The molecule has 10 nitrogen and oxygen atoms in total. The van der Waals surface area contributed by atoms with Crippen molar-refractivity contribution in [2.45, 2.75) is 39.3 Å². The van der Waals surface area contributed by atoms with Crippen molar-refractivity contribution in [1.29, 1.82) is 0 Å². The Morgan fingerprint density at radius 3 is 2.19 bits per heavy atom. The molecule has 1 atom stereocenters. The molecule has 0 spiro atoms. The molecule has 3 amide bonds. The van der Waals surface area contributed by atoms with Crippen molar-refractivity contribution in [3.8, 4) is 0 Å². The molecule has 2 heterocycles. The normalized spacial score (nSPS) is 18.4. The molecule has 4 rings (SSSR count). The number of para-hydroxylation sites is 1. The zero-order valence-corrected chi connectivity index (χ0v) is 20.3. The maximum absolute atomic E-state index is 13.4. The summed E-state index contributed by atoms with van der Waals surface area (Å²) in [5, 5.41) is 2.67. The molecular formula is C26H27N3O7. The predicted octanol–water partition coefficient (Wildman–Crippen LogP) is 2.98. The molecule has 0 bridgehead atoms. The highest BCUT2D eigenvalue weighted by molar-refractivity contribution is 6.11. The summed E-state index contributed by atoms with van der Waals surface area (Å²) < 4.78 is 10.1. The van der Waals surface area contributed by atoms with E-state index in [2.05, 4.69) is 5.32 Å². The third-order valence-electron chi connectivity index (χ3n) is 6.29. The summed E-state index contributed by atoms with van der Waals surface area (Å²) in [5.74, 6) is -2.35. The van der Waals surface area contributed by atoms with Gasteiger partial charge in [0.05, 0.1) is 35.6 Å². The van der Waals surface area contributed by atoms with Crippen molar-refractivity contribution in [2.75, 3.05) is 30.0 Å². The van der Waals surface area contributed by atoms with E-state index in [9.17, 15) is 24.0 Å². The van der Waals surface area contributed by atoms with Crippen molar-refractivity contribution >= 4 is 41.0 Å². The van der Waals surface area contributed by atoms with Gasteiger partial charge in [-0.05, 0) is 57.5 Å². The molecular weight excluding hydrogens is 466 g/mol. The Balaban J connectivity index is 1.62. The maximum Gasteiger partial charge on any atom is 0.338 e. The lowest BCUT2D eigenvalue weighted by Gasteiger charge is -2.48. The lowest BCUT2D eigenvalue weighted by Crippen LogP contribution is -2.63. The largest absolute Gasteiger partial charge is 0.462 e. The first-order valence-corrected chi connectivity index (χ1v) is 11.7. The molecule has 0 aliphatic carbocycles. The van der Waals surface area contributed by atoms with Crippen LogP contribution in [0.15, 0.2) is 42.5 Å². The molecule has 188 valence electrons. The monoisotopic (exact) mass is 493 g/mol. The Hall–Kier alpha value is -4.21. The second kappa shape index (κ2) is 9.80. The van der Waals surface area contributed by atoms with Crippen LogP contribution >= 0.6 is 0 Å². The summed E-state index contributed by atoms with van der Waals surface area (Å²) in [6.45, 7) is 5.00. The Morgan fingerprint density at radius 1 is 0.972 bits per heavy atom. The first kappa shape index (κ1) is 24.9. The fourth-order valence-corrected chi connectivity index (χ4v) is 4.65. The zero-order valence-electron chi connectivity index (χ0n) is 20.3. The molecule has 2 aliphatic rings. The van der Waals surface area contributed by atoms with Crippen molar-refractivity contribution in [3.63, 3.8) is 0 Å². The summed E-state index contributed by atoms with van der Waals surface area (Å²) in [6, 6.07) is 10.9. The van der Waals surface area contributed by atoms with Crippen LogP contribution in [0, 0.1) is 0 Å². The number of esters is 2. The minimum atomic E-state index is -0.997. The van der Waals surface area contributed by atoms with E-state index in [4.69, 9.17) is 9.47 Å². The summed E-state index contributed by atoms with van der Waals surface area (Å²) in [4.78, 5) is 66.8. The van der Waals surface area contributed by atoms with Crippen LogP contribution in [-0.2, 0) is 19.1 Å². The number of rotatable bonds is 7. The van der Waals surface area contributed by atoms with Crippen molar-refractivity contribution in [1.82, 2.24) is 4.90 Å². The second-order valence-corrected chi connectivity index (χ2v) is 8.64. The number of fused-ring (bicyclic) bond motifs is 3. The van der Waals surface area contributed by atoms with Crippen LogP contribution in [0.25, 0.3) is 0 Å². The van der Waals surface area contributed by atoms with Gasteiger partial charge in [-0.3, -0.25) is 19.3 Å². The van der Waals surface area contributed by atoms with Gasteiger partial charge >= 0.3 is 11.9 Å². The van der Waals surface area contributed by atoms with Crippen molar-refractivity contribution in [3.05, 3.63) is 59.2 Å². The third kappa shape index (κ3) is 4.41. The van der Waals surface area contributed by atoms with E-state index in [1.807, 2.05) is 0 Å². The highest BCUT2D eigenvalue weighted by Crippen LogP contribution is 2.43. The minimum Gasteiger partial charge on any atom is -0.462 e. The van der Waals surface area contributed by atoms with E-state index >= 15 is 0 Å². The summed E-state index contributed by atoms with van der Waals surface area (Å²) in [6.07, 6.45) is 0.630. The molecule has 0 radical (unpaired) electrons. The first-order chi connectivity index (χ1) is 17.2. The van der Waals surface area contributed by atoms with E-state index in [-0.39, 0.29) is 54.8 Å². The fourth-order valence-electron chi connectivity index (χ4n) is 4.65. The second-order valence-electron chi connectivity index (χ2n) is 8.64. The molecule has 10 heteroatoms. The highest BCUT2D eigenvalue weighted by Gasteiger charge is 2.53. The Kier molecular flexibility index (Phi) is 6.78. The fraction of sp³-hybridized carbons (Fsp3) is 0.346. The molecule has 2 aromatic rings. The molecule has 36 heavy (non-hydrogen) atoms. The number of nitrogens with zero attached hydrogens (tertiary/aromatic N) is 2. The summed E-state index contributed by atoms with van der Waals surface area (Å²) in [7, 11) is 0. The standard InChI is InChI=1S/C26H27N3O7/c1-4-35-24(33)16-12-17(25(34)36-5-2)14-18(13-16)27-21(30)15-28-23(32)19-8-6-7-9-20(19)29-22(31)10-11-26(28,29)3/h6-9,12-14H,4-5,10-11,15H2,1-3H3,(H,27,30). The van der Waals surface area contributed by atoms with Crippen molar-refractivity contribution < 1.29 is 33.4 Å². The van der Waals surface area contributed by atoms with Gasteiger partial charge in [-0.2, -0.15) is 0 Å². The number of hydrogen-bond donors (Lipinski definition) is 1. The molecule has 1 N–H and O–H groups in total. The van der Waals surface area contributed by atoms with Gasteiger partial charge in [-0.1, -0.05) is 12.1 Å². The number of carbonyl (C=O) groups is 5. The number of ether oxygens (including phenoxy) is 2. The van der Waals surface area contributed by atoms with Gasteiger partial charge in [0.25, 0.3) is 5.91 Å². The molecule has 2 aliphatic heterocycles. The summed E-state index contributed by atoms with van der Waals surface area (Å²) >= 11 is 0. The van der Waals surface area contributed by atoms with Crippen LogP contribution in [0.1, 0.15) is 64.7 Å². The van der Waals surface area contributed by atoms with Crippen LogP contribution in [0.5, 0.6) is 0 Å². The Labute approximate surface area is 208 Å². The molecule has 1 fully saturated rings. The molecule has 0 aromatic heterocycles. The predicted molar refractivity (Wildman–Crippen MR) is 130 cm³/mol.